The van der Waals surface area contributed by atoms with Crippen LogP contribution in [0, 0.1) is 17.8 Å². The monoisotopic (exact) mass is 298 g/mol. The standard InChI is InChI=1S/C8H16N2O.C8H18N2/c1-6(2)5-9-10-8(11)7(3)4;1-7(2)6-9-10-8(3,4)5/h5-7H,1-4H3,(H,10,11);6-7,10H,1-5H3/b9-5-;9-6-. The van der Waals surface area contributed by atoms with Crippen LogP contribution in [0.5, 0.6) is 0 Å². The van der Waals surface area contributed by atoms with Crippen LogP contribution in [0.1, 0.15) is 62.3 Å². The molecule has 5 heteroatoms. The van der Waals surface area contributed by atoms with E-state index in [1.54, 1.807) is 6.21 Å². The third-order valence-corrected chi connectivity index (χ3v) is 1.84. The minimum Gasteiger partial charge on any atom is -0.305 e. The molecule has 0 saturated carbocycles. The lowest BCUT2D eigenvalue weighted by atomic mass is 10.1. The Morgan fingerprint density at radius 1 is 0.905 bits per heavy atom. The third kappa shape index (κ3) is 21.1. The number of hydrazone groups is 2. The Labute approximate surface area is 130 Å². The van der Waals surface area contributed by atoms with Gasteiger partial charge in [0.15, 0.2) is 0 Å². The van der Waals surface area contributed by atoms with Crippen molar-refractivity contribution in [3.63, 3.8) is 0 Å². The van der Waals surface area contributed by atoms with Crippen molar-refractivity contribution >= 4 is 18.3 Å². The minimum atomic E-state index is -0.0399. The number of amides is 1. The zero-order valence-corrected chi connectivity index (χ0v) is 15.2. The summed E-state index contributed by atoms with van der Waals surface area (Å²) in [6.45, 7) is 18.2. The van der Waals surface area contributed by atoms with Gasteiger partial charge in [0, 0.05) is 23.9 Å². The van der Waals surface area contributed by atoms with E-state index >= 15 is 0 Å². The average Bonchev–Trinajstić information content (AvgIpc) is 2.26. The Morgan fingerprint density at radius 2 is 1.33 bits per heavy atom. The highest BCUT2D eigenvalue weighted by molar-refractivity contribution is 5.78. The molecule has 0 fully saturated rings. The first-order chi connectivity index (χ1) is 9.45. The number of rotatable bonds is 5. The number of nitrogens with one attached hydrogen (secondary N) is 2. The molecule has 0 unspecified atom stereocenters. The Morgan fingerprint density at radius 3 is 1.67 bits per heavy atom. The van der Waals surface area contributed by atoms with E-state index in [-0.39, 0.29) is 17.4 Å². The molecule has 0 aliphatic heterocycles. The molecule has 0 saturated heterocycles. The number of carbonyl (C=O) groups excluding carboxylic acids is 1. The van der Waals surface area contributed by atoms with E-state index in [2.05, 4.69) is 55.7 Å². The van der Waals surface area contributed by atoms with Crippen molar-refractivity contribution in [3.8, 4) is 0 Å². The lowest BCUT2D eigenvalue weighted by Crippen LogP contribution is -2.31. The maximum atomic E-state index is 10.9. The molecule has 2 N–H and O–H groups in total. The van der Waals surface area contributed by atoms with Crippen LogP contribution in [-0.4, -0.2) is 23.9 Å². The molecule has 0 heterocycles. The average molecular weight is 298 g/mol. The molecule has 0 aliphatic carbocycles. The van der Waals surface area contributed by atoms with Crippen molar-refractivity contribution < 1.29 is 4.79 Å². The van der Waals surface area contributed by atoms with Gasteiger partial charge in [-0.3, -0.25) is 4.79 Å². The van der Waals surface area contributed by atoms with Crippen molar-refractivity contribution in [2.75, 3.05) is 0 Å². The maximum absolute atomic E-state index is 10.9. The number of hydrogen-bond acceptors (Lipinski definition) is 4. The first kappa shape index (κ1) is 21.9. The van der Waals surface area contributed by atoms with Gasteiger partial charge in [-0.25, -0.2) is 5.43 Å². The molecule has 0 bridgehead atoms. The summed E-state index contributed by atoms with van der Waals surface area (Å²) in [6.07, 6.45) is 3.62. The van der Waals surface area contributed by atoms with Crippen LogP contribution >= 0.6 is 0 Å². The second-order valence-corrected chi connectivity index (χ2v) is 7.04. The zero-order chi connectivity index (χ0) is 17.1. The van der Waals surface area contributed by atoms with Crippen LogP contribution in [0.3, 0.4) is 0 Å². The molecule has 5 nitrogen and oxygen atoms in total. The van der Waals surface area contributed by atoms with Gasteiger partial charge in [0.25, 0.3) is 0 Å². The van der Waals surface area contributed by atoms with Gasteiger partial charge in [-0.1, -0.05) is 41.5 Å². The van der Waals surface area contributed by atoms with Gasteiger partial charge in [0.2, 0.25) is 5.91 Å². The van der Waals surface area contributed by atoms with Crippen molar-refractivity contribution in [2.45, 2.75) is 67.9 Å². The highest BCUT2D eigenvalue weighted by atomic mass is 16.2. The van der Waals surface area contributed by atoms with E-state index in [4.69, 9.17) is 0 Å². The van der Waals surface area contributed by atoms with Gasteiger partial charge in [0.1, 0.15) is 0 Å². The van der Waals surface area contributed by atoms with Crippen LogP contribution < -0.4 is 10.9 Å². The summed E-state index contributed by atoms with van der Waals surface area (Å²) >= 11 is 0. The lowest BCUT2D eigenvalue weighted by Gasteiger charge is -2.17. The summed E-state index contributed by atoms with van der Waals surface area (Å²) in [5, 5.41) is 7.83. The number of carbonyl (C=O) groups is 1. The van der Waals surface area contributed by atoms with Crippen LogP contribution in [-0.2, 0) is 4.79 Å². The third-order valence-electron chi connectivity index (χ3n) is 1.84. The molecule has 124 valence electrons. The van der Waals surface area contributed by atoms with E-state index in [0.29, 0.717) is 11.8 Å². The van der Waals surface area contributed by atoms with E-state index in [1.807, 2.05) is 33.9 Å². The Kier molecular flexibility index (Phi) is 11.8. The predicted octanol–water partition coefficient (Wildman–Crippen LogP) is 3.42. The topological polar surface area (TPSA) is 65.8 Å². The molecule has 1 amide bonds. The van der Waals surface area contributed by atoms with Gasteiger partial charge in [-0.05, 0) is 32.6 Å². The van der Waals surface area contributed by atoms with Crippen LogP contribution in [0.4, 0.5) is 0 Å². The zero-order valence-electron chi connectivity index (χ0n) is 15.2. The summed E-state index contributed by atoms with van der Waals surface area (Å²) in [5.74, 6) is 0.860. The van der Waals surface area contributed by atoms with Gasteiger partial charge >= 0.3 is 0 Å². The fourth-order valence-electron chi connectivity index (χ4n) is 0.759. The Hall–Kier alpha value is -1.39. The Bertz CT molecular complexity index is 326. The van der Waals surface area contributed by atoms with Crippen molar-refractivity contribution in [3.05, 3.63) is 0 Å². The van der Waals surface area contributed by atoms with Gasteiger partial charge in [0.05, 0.1) is 0 Å². The van der Waals surface area contributed by atoms with Crippen molar-refractivity contribution in [2.24, 2.45) is 28.0 Å². The Balaban J connectivity index is 0. The molecule has 0 atom stereocenters. The summed E-state index contributed by atoms with van der Waals surface area (Å²) in [7, 11) is 0. The molecular weight excluding hydrogens is 264 g/mol. The SMILES string of the molecule is CC(C)/C=N\NC(=O)C(C)C.CC(C)/C=N\NC(C)(C)C. The first-order valence-corrected chi connectivity index (χ1v) is 7.59. The maximum Gasteiger partial charge on any atom is 0.242 e. The summed E-state index contributed by atoms with van der Waals surface area (Å²) in [5.41, 5.74) is 5.56. The molecule has 0 radical (unpaired) electrons. The largest absolute Gasteiger partial charge is 0.305 e. The molecular formula is C16H34N4O. The molecule has 0 spiro atoms. The minimum absolute atomic E-state index is 0.000637. The van der Waals surface area contributed by atoms with Crippen LogP contribution in [0.2, 0.25) is 0 Å². The number of nitrogens with zero attached hydrogens (tertiary/aromatic N) is 2. The second kappa shape index (κ2) is 11.3. The van der Waals surface area contributed by atoms with Gasteiger partial charge in [-0.2, -0.15) is 10.2 Å². The molecule has 0 aliphatic rings. The van der Waals surface area contributed by atoms with Crippen molar-refractivity contribution in [1.29, 1.82) is 0 Å². The fourth-order valence-corrected chi connectivity index (χ4v) is 0.759. The van der Waals surface area contributed by atoms with Crippen LogP contribution in [0.25, 0.3) is 0 Å². The molecule has 21 heavy (non-hydrogen) atoms. The summed E-state index contributed by atoms with van der Waals surface area (Å²) < 4.78 is 0. The van der Waals surface area contributed by atoms with E-state index in [0.717, 1.165) is 0 Å². The summed E-state index contributed by atoms with van der Waals surface area (Å²) in [6, 6.07) is 0. The second-order valence-electron chi connectivity index (χ2n) is 7.04. The van der Waals surface area contributed by atoms with E-state index in [9.17, 15) is 4.79 Å². The highest BCUT2D eigenvalue weighted by Gasteiger charge is 2.05. The van der Waals surface area contributed by atoms with Crippen molar-refractivity contribution in [1.82, 2.24) is 10.9 Å². The quantitative estimate of drug-likeness (QED) is 0.603. The lowest BCUT2D eigenvalue weighted by molar-refractivity contribution is -0.123. The predicted molar refractivity (Wildman–Crippen MR) is 92.5 cm³/mol. The summed E-state index contributed by atoms with van der Waals surface area (Å²) in [4.78, 5) is 10.9. The normalized spacial score (nSPS) is 12.2. The van der Waals surface area contributed by atoms with E-state index < -0.39 is 0 Å². The molecule has 0 aromatic carbocycles. The number of hydrogen-bond donors (Lipinski definition) is 2. The highest BCUT2D eigenvalue weighted by Crippen LogP contribution is 1.97. The van der Waals surface area contributed by atoms with Gasteiger partial charge in [-0.15, -0.1) is 0 Å². The van der Waals surface area contributed by atoms with E-state index in [1.165, 1.54) is 0 Å². The smallest absolute Gasteiger partial charge is 0.242 e. The first-order valence-electron chi connectivity index (χ1n) is 7.59. The fraction of sp³-hybridized carbons (Fsp3) is 0.812. The molecule has 0 aromatic heterocycles. The van der Waals surface area contributed by atoms with Crippen LogP contribution in [0.15, 0.2) is 10.2 Å². The molecule has 0 rings (SSSR count). The molecule has 0 aromatic rings. The van der Waals surface area contributed by atoms with Gasteiger partial charge < -0.3 is 5.43 Å².